The number of nitrogens with zero attached hydrogens (tertiary/aromatic N) is 3. The molecule has 22 heavy (non-hydrogen) atoms. The third-order valence-corrected chi connectivity index (χ3v) is 5.22. The van der Waals surface area contributed by atoms with Crippen LogP contribution in [0.3, 0.4) is 0 Å². The van der Waals surface area contributed by atoms with Gasteiger partial charge in [-0.2, -0.15) is 5.10 Å². The van der Waals surface area contributed by atoms with Gasteiger partial charge in [0.05, 0.1) is 11.9 Å². The maximum absolute atomic E-state index is 12.3. The summed E-state index contributed by atoms with van der Waals surface area (Å²) in [5.74, 6) is 0. The van der Waals surface area contributed by atoms with Crippen molar-refractivity contribution < 1.29 is 0 Å². The summed E-state index contributed by atoms with van der Waals surface area (Å²) in [4.78, 5) is 19.8. The van der Waals surface area contributed by atoms with Gasteiger partial charge in [-0.05, 0) is 25.0 Å². The number of thioether (sulfide) groups is 1. The van der Waals surface area contributed by atoms with Gasteiger partial charge in [-0.3, -0.25) is 4.79 Å². The fourth-order valence-electron chi connectivity index (χ4n) is 2.88. The van der Waals surface area contributed by atoms with Crippen LogP contribution in [0, 0.1) is 0 Å². The zero-order valence-electron chi connectivity index (χ0n) is 12.0. The third-order valence-electron chi connectivity index (χ3n) is 4.00. The summed E-state index contributed by atoms with van der Waals surface area (Å²) < 4.78 is 1.73. The van der Waals surface area contributed by atoms with E-state index in [9.17, 15) is 4.79 Å². The van der Waals surface area contributed by atoms with Crippen LogP contribution in [0.2, 0.25) is 0 Å². The lowest BCUT2D eigenvalue weighted by atomic mass is 10.3. The number of aromatic amines is 1. The predicted octanol–water partition coefficient (Wildman–Crippen LogP) is 3.14. The summed E-state index contributed by atoms with van der Waals surface area (Å²) in [6, 6.07) is 9.77. The fourth-order valence-corrected chi connectivity index (χ4v) is 4.05. The van der Waals surface area contributed by atoms with Gasteiger partial charge in [0.1, 0.15) is 5.39 Å². The van der Waals surface area contributed by atoms with Crippen LogP contribution < -0.4 is 5.56 Å². The molecular formula is C16H16N4OS. The van der Waals surface area contributed by atoms with Crippen LogP contribution in [0.25, 0.3) is 16.7 Å². The average molecular weight is 312 g/mol. The van der Waals surface area contributed by atoms with Crippen molar-refractivity contribution in [1.29, 1.82) is 0 Å². The number of H-pyrrole nitrogens is 1. The number of rotatable bonds is 3. The van der Waals surface area contributed by atoms with Crippen molar-refractivity contribution in [3.8, 4) is 5.69 Å². The Balaban J connectivity index is 1.79. The lowest BCUT2D eigenvalue weighted by molar-refractivity contribution is 0.860. The molecule has 0 unspecified atom stereocenters. The van der Waals surface area contributed by atoms with Gasteiger partial charge < -0.3 is 4.98 Å². The topological polar surface area (TPSA) is 63.6 Å². The molecule has 1 aliphatic rings. The first-order valence-corrected chi connectivity index (χ1v) is 8.39. The second-order valence-corrected chi connectivity index (χ2v) is 6.81. The molecule has 6 heteroatoms. The van der Waals surface area contributed by atoms with Crippen LogP contribution in [0.5, 0.6) is 0 Å². The van der Waals surface area contributed by atoms with E-state index in [1.165, 1.54) is 25.7 Å². The molecular weight excluding hydrogens is 296 g/mol. The number of benzene rings is 1. The molecule has 2 heterocycles. The number of nitrogens with one attached hydrogen (secondary N) is 1. The van der Waals surface area contributed by atoms with Crippen molar-refractivity contribution >= 4 is 22.8 Å². The molecule has 112 valence electrons. The van der Waals surface area contributed by atoms with Crippen molar-refractivity contribution in [2.75, 3.05) is 0 Å². The molecule has 0 bridgehead atoms. The van der Waals surface area contributed by atoms with Gasteiger partial charge in [-0.1, -0.05) is 42.8 Å². The van der Waals surface area contributed by atoms with E-state index in [0.29, 0.717) is 21.4 Å². The minimum absolute atomic E-state index is 0.118. The lowest BCUT2D eigenvalue weighted by Gasteiger charge is -2.08. The Kier molecular flexibility index (Phi) is 3.46. The fraction of sp³-hybridized carbons (Fsp3) is 0.312. The molecule has 4 rings (SSSR count). The molecule has 1 aliphatic carbocycles. The van der Waals surface area contributed by atoms with Gasteiger partial charge in [0.25, 0.3) is 5.56 Å². The summed E-state index contributed by atoms with van der Waals surface area (Å²) in [6.45, 7) is 0. The predicted molar refractivity (Wildman–Crippen MR) is 87.6 cm³/mol. The smallest absolute Gasteiger partial charge is 0.262 e. The number of hydrogen-bond acceptors (Lipinski definition) is 4. The zero-order chi connectivity index (χ0) is 14.9. The molecule has 0 saturated heterocycles. The molecule has 0 amide bonds. The number of aromatic nitrogens is 4. The molecule has 1 saturated carbocycles. The van der Waals surface area contributed by atoms with E-state index in [-0.39, 0.29) is 5.56 Å². The van der Waals surface area contributed by atoms with Crippen molar-refractivity contribution in [1.82, 2.24) is 19.7 Å². The van der Waals surface area contributed by atoms with Crippen LogP contribution in [0.4, 0.5) is 0 Å². The summed E-state index contributed by atoms with van der Waals surface area (Å²) >= 11 is 1.68. The summed E-state index contributed by atoms with van der Waals surface area (Å²) in [5, 5.41) is 6.11. The van der Waals surface area contributed by atoms with Crippen LogP contribution >= 0.6 is 11.8 Å². The Morgan fingerprint density at radius 2 is 1.95 bits per heavy atom. The minimum Gasteiger partial charge on any atom is -0.301 e. The molecule has 0 radical (unpaired) electrons. The van der Waals surface area contributed by atoms with E-state index in [1.54, 1.807) is 22.6 Å². The maximum atomic E-state index is 12.3. The Hall–Kier alpha value is -2.08. The highest BCUT2D eigenvalue weighted by molar-refractivity contribution is 7.99. The largest absolute Gasteiger partial charge is 0.301 e. The highest BCUT2D eigenvalue weighted by Gasteiger charge is 2.19. The third kappa shape index (κ3) is 2.43. The maximum Gasteiger partial charge on any atom is 0.262 e. The summed E-state index contributed by atoms with van der Waals surface area (Å²) in [7, 11) is 0. The molecule has 3 aromatic rings. The second-order valence-electron chi connectivity index (χ2n) is 5.52. The van der Waals surface area contributed by atoms with Crippen molar-refractivity contribution in [3.05, 3.63) is 46.9 Å². The normalized spacial score (nSPS) is 15.6. The van der Waals surface area contributed by atoms with Crippen LogP contribution in [-0.2, 0) is 0 Å². The zero-order valence-corrected chi connectivity index (χ0v) is 12.8. The first-order valence-electron chi connectivity index (χ1n) is 7.51. The van der Waals surface area contributed by atoms with E-state index >= 15 is 0 Å². The van der Waals surface area contributed by atoms with E-state index in [0.717, 1.165) is 5.69 Å². The standard InChI is InChI=1S/C16H16N4OS/c21-15-13-10-17-20(11-6-2-1-3-7-11)14(13)18-16(19-15)22-12-8-4-5-9-12/h1-3,6-7,10,12H,4-5,8-9H2,(H,18,19,21). The monoisotopic (exact) mass is 312 g/mol. The lowest BCUT2D eigenvalue weighted by Crippen LogP contribution is -2.11. The van der Waals surface area contributed by atoms with Gasteiger partial charge in [0.15, 0.2) is 10.8 Å². The molecule has 1 fully saturated rings. The number of para-hydroxylation sites is 1. The Labute approximate surface area is 131 Å². The Morgan fingerprint density at radius 1 is 1.18 bits per heavy atom. The highest BCUT2D eigenvalue weighted by Crippen LogP contribution is 2.32. The van der Waals surface area contributed by atoms with E-state index in [1.807, 2.05) is 30.3 Å². The van der Waals surface area contributed by atoms with Gasteiger partial charge in [-0.25, -0.2) is 9.67 Å². The number of fused-ring (bicyclic) bond motifs is 1. The van der Waals surface area contributed by atoms with E-state index < -0.39 is 0 Å². The Bertz CT molecular complexity index is 849. The van der Waals surface area contributed by atoms with Gasteiger partial charge >= 0.3 is 0 Å². The highest BCUT2D eigenvalue weighted by atomic mass is 32.2. The number of hydrogen-bond donors (Lipinski definition) is 1. The van der Waals surface area contributed by atoms with Crippen LogP contribution in [-0.4, -0.2) is 25.0 Å². The first kappa shape index (κ1) is 13.6. The minimum atomic E-state index is -0.118. The Morgan fingerprint density at radius 3 is 2.73 bits per heavy atom. The summed E-state index contributed by atoms with van der Waals surface area (Å²) in [5.41, 5.74) is 1.41. The van der Waals surface area contributed by atoms with E-state index in [2.05, 4.69) is 15.1 Å². The molecule has 1 N–H and O–H groups in total. The molecule has 1 aromatic carbocycles. The molecule has 2 aromatic heterocycles. The molecule has 0 spiro atoms. The molecule has 0 atom stereocenters. The molecule has 5 nitrogen and oxygen atoms in total. The summed E-state index contributed by atoms with van der Waals surface area (Å²) in [6.07, 6.45) is 6.52. The second kappa shape index (κ2) is 5.61. The van der Waals surface area contributed by atoms with Gasteiger partial charge in [0, 0.05) is 5.25 Å². The van der Waals surface area contributed by atoms with Crippen molar-refractivity contribution in [3.63, 3.8) is 0 Å². The molecule has 0 aliphatic heterocycles. The van der Waals surface area contributed by atoms with Crippen LogP contribution in [0.1, 0.15) is 25.7 Å². The van der Waals surface area contributed by atoms with Gasteiger partial charge in [-0.15, -0.1) is 0 Å². The van der Waals surface area contributed by atoms with Crippen LogP contribution in [0.15, 0.2) is 46.5 Å². The SMILES string of the molecule is O=c1[nH]c(SC2CCCC2)nc2c1cnn2-c1ccccc1. The van der Waals surface area contributed by atoms with Crippen molar-refractivity contribution in [2.24, 2.45) is 0 Å². The first-order chi connectivity index (χ1) is 10.8. The average Bonchev–Trinajstić information content (AvgIpc) is 3.18. The van der Waals surface area contributed by atoms with E-state index in [4.69, 9.17) is 0 Å². The quantitative estimate of drug-likeness (QED) is 0.755. The van der Waals surface area contributed by atoms with Crippen molar-refractivity contribution in [2.45, 2.75) is 36.1 Å². The van der Waals surface area contributed by atoms with Gasteiger partial charge in [0.2, 0.25) is 0 Å².